The largest absolute Gasteiger partial charge is 0.336 e. The van der Waals surface area contributed by atoms with Crippen molar-refractivity contribution in [3.8, 4) is 6.19 Å². The molecule has 1 heterocycles. The Morgan fingerprint density at radius 2 is 1.96 bits per heavy atom. The van der Waals surface area contributed by atoms with Crippen LogP contribution in [0.1, 0.15) is 5.56 Å². The predicted octanol–water partition coefficient (Wildman–Crippen LogP) is 3.18. The summed E-state index contributed by atoms with van der Waals surface area (Å²) < 4.78 is 0. The molecular weight excluding hydrogens is 360 g/mol. The van der Waals surface area contributed by atoms with Crippen LogP contribution in [-0.2, 0) is 6.54 Å². The summed E-state index contributed by atoms with van der Waals surface area (Å²) in [4.78, 5) is 10.7. The van der Waals surface area contributed by atoms with Gasteiger partial charge in [0.15, 0.2) is 6.19 Å². The number of rotatable bonds is 5. The second-order valence-corrected chi connectivity index (χ2v) is 5.78. The third kappa shape index (κ3) is 5.42. The molecule has 0 saturated heterocycles. The van der Waals surface area contributed by atoms with Gasteiger partial charge in [-0.2, -0.15) is 5.26 Å². The van der Waals surface area contributed by atoms with Gasteiger partial charge in [-0.15, -0.1) is 12.4 Å². The van der Waals surface area contributed by atoms with Crippen LogP contribution >= 0.6 is 12.4 Å². The fourth-order valence-corrected chi connectivity index (χ4v) is 2.71. The first-order valence-corrected chi connectivity index (χ1v) is 8.36. The van der Waals surface area contributed by atoms with Gasteiger partial charge < -0.3 is 10.6 Å². The number of guanidine groups is 1. The summed E-state index contributed by atoms with van der Waals surface area (Å²) in [6, 6.07) is 17.8. The Morgan fingerprint density at radius 1 is 1.15 bits per heavy atom. The highest BCUT2D eigenvalue weighted by Gasteiger charge is 2.12. The van der Waals surface area contributed by atoms with E-state index in [9.17, 15) is 0 Å². The van der Waals surface area contributed by atoms with Crippen LogP contribution in [0.15, 0.2) is 72.0 Å². The average molecular weight is 381 g/mol. The van der Waals surface area contributed by atoms with Gasteiger partial charge in [0.25, 0.3) is 0 Å². The van der Waals surface area contributed by atoms with Crippen molar-refractivity contribution in [3.63, 3.8) is 0 Å². The Morgan fingerprint density at radius 3 is 2.70 bits per heavy atom. The maximum absolute atomic E-state index is 9.16. The fraction of sp³-hybridized carbons (Fsp3) is 0.150. The Hall–Kier alpha value is -3.14. The quantitative estimate of drug-likeness (QED) is 0.307. The van der Waals surface area contributed by atoms with Gasteiger partial charge >= 0.3 is 0 Å². The normalized spacial score (nSPS) is 10.7. The number of nitrogens with zero attached hydrogens (tertiary/aromatic N) is 4. The van der Waals surface area contributed by atoms with Crippen molar-refractivity contribution in [1.82, 2.24) is 15.2 Å². The van der Waals surface area contributed by atoms with Crippen LogP contribution in [-0.4, -0.2) is 28.9 Å². The van der Waals surface area contributed by atoms with Crippen molar-refractivity contribution in [2.75, 3.05) is 13.1 Å². The lowest BCUT2D eigenvalue weighted by atomic mass is 10.1. The third-order valence-corrected chi connectivity index (χ3v) is 3.94. The van der Waals surface area contributed by atoms with Crippen molar-refractivity contribution in [1.29, 1.82) is 5.26 Å². The first kappa shape index (κ1) is 20.2. The third-order valence-electron chi connectivity index (χ3n) is 3.94. The molecule has 3 aromatic rings. The van der Waals surface area contributed by atoms with E-state index in [0.717, 1.165) is 22.0 Å². The Bertz CT molecular complexity index is 936. The molecule has 0 atom stereocenters. The molecule has 1 aromatic heterocycles. The van der Waals surface area contributed by atoms with Gasteiger partial charge in [0.1, 0.15) is 0 Å². The molecule has 7 heteroatoms. The zero-order valence-electron chi connectivity index (χ0n) is 14.7. The van der Waals surface area contributed by atoms with Gasteiger partial charge in [-0.25, -0.2) is 4.99 Å². The van der Waals surface area contributed by atoms with Gasteiger partial charge in [-0.05, 0) is 29.1 Å². The van der Waals surface area contributed by atoms with E-state index in [-0.39, 0.29) is 12.4 Å². The number of fused-ring (bicyclic) bond motifs is 1. The summed E-state index contributed by atoms with van der Waals surface area (Å²) in [5.41, 5.74) is 7.65. The number of nitrogens with one attached hydrogen (secondary N) is 1. The highest BCUT2D eigenvalue weighted by Crippen LogP contribution is 2.21. The highest BCUT2D eigenvalue weighted by atomic mass is 35.5. The van der Waals surface area contributed by atoms with Crippen LogP contribution in [0.2, 0.25) is 0 Å². The summed E-state index contributed by atoms with van der Waals surface area (Å²) in [5, 5.41) is 14.0. The molecule has 0 fully saturated rings. The predicted molar refractivity (Wildman–Crippen MR) is 111 cm³/mol. The maximum Gasteiger partial charge on any atom is 0.212 e. The molecule has 0 radical (unpaired) electrons. The number of nitrogens with two attached hydrogens (primary N) is 1. The van der Waals surface area contributed by atoms with Crippen molar-refractivity contribution in [2.24, 2.45) is 10.7 Å². The number of aromatic nitrogens is 1. The van der Waals surface area contributed by atoms with Crippen molar-refractivity contribution < 1.29 is 0 Å². The summed E-state index contributed by atoms with van der Waals surface area (Å²) in [6.07, 6.45) is 5.54. The average Bonchev–Trinajstić information content (AvgIpc) is 2.68. The van der Waals surface area contributed by atoms with E-state index in [1.165, 1.54) is 0 Å². The molecule has 0 bridgehead atoms. The van der Waals surface area contributed by atoms with Crippen LogP contribution in [0.3, 0.4) is 0 Å². The monoisotopic (exact) mass is 380 g/mol. The molecule has 0 amide bonds. The molecule has 138 valence electrons. The molecule has 0 unspecified atom stereocenters. The first-order valence-electron chi connectivity index (χ1n) is 8.36. The Labute approximate surface area is 164 Å². The number of pyridine rings is 1. The molecule has 27 heavy (non-hydrogen) atoms. The summed E-state index contributed by atoms with van der Waals surface area (Å²) >= 11 is 0. The minimum atomic E-state index is 0. The molecule has 0 saturated carbocycles. The summed E-state index contributed by atoms with van der Waals surface area (Å²) in [7, 11) is 0. The molecular formula is C20H21ClN6. The number of hydrogen-bond acceptors (Lipinski definition) is 4. The van der Waals surface area contributed by atoms with Crippen molar-refractivity contribution in [3.05, 3.63) is 72.6 Å². The number of hydrogen-bond donors (Lipinski definition) is 2. The van der Waals surface area contributed by atoms with Gasteiger partial charge in [-0.1, -0.05) is 36.4 Å². The van der Waals surface area contributed by atoms with E-state index in [2.05, 4.69) is 15.3 Å². The minimum absolute atomic E-state index is 0. The first-order chi connectivity index (χ1) is 12.8. The minimum Gasteiger partial charge on any atom is -0.336 e. The molecule has 0 aliphatic heterocycles. The van der Waals surface area contributed by atoms with Gasteiger partial charge in [0, 0.05) is 37.4 Å². The van der Waals surface area contributed by atoms with Crippen LogP contribution in [0.4, 0.5) is 5.69 Å². The van der Waals surface area contributed by atoms with Gasteiger partial charge in [-0.3, -0.25) is 10.3 Å². The molecule has 0 spiro atoms. The van der Waals surface area contributed by atoms with Gasteiger partial charge in [0.05, 0.1) is 5.69 Å². The van der Waals surface area contributed by atoms with E-state index in [0.29, 0.717) is 25.6 Å². The molecule has 3 N–H and O–H groups in total. The van der Waals surface area contributed by atoms with E-state index < -0.39 is 0 Å². The number of aliphatic imine (C=N–C) groups is 1. The second kappa shape index (κ2) is 10.1. The zero-order chi connectivity index (χ0) is 18.2. The van der Waals surface area contributed by atoms with Crippen LogP contribution in [0.25, 0.3) is 10.8 Å². The molecule has 0 aliphatic rings. The van der Waals surface area contributed by atoms with E-state index in [4.69, 9.17) is 11.0 Å². The molecule has 0 aliphatic carbocycles. The topological polar surface area (TPSA) is 90.3 Å². The van der Waals surface area contributed by atoms with E-state index in [1.54, 1.807) is 6.20 Å². The van der Waals surface area contributed by atoms with E-state index in [1.807, 2.05) is 71.9 Å². The summed E-state index contributed by atoms with van der Waals surface area (Å²) in [5.74, 6) is 0.482. The van der Waals surface area contributed by atoms with Crippen LogP contribution in [0.5, 0.6) is 0 Å². The maximum atomic E-state index is 9.16. The molecule has 2 aromatic carbocycles. The summed E-state index contributed by atoms with van der Waals surface area (Å²) in [6.45, 7) is 1.66. The lowest BCUT2D eigenvalue weighted by Crippen LogP contribution is -2.41. The van der Waals surface area contributed by atoms with E-state index >= 15 is 0 Å². The highest BCUT2D eigenvalue weighted by molar-refractivity contribution is 5.88. The lowest BCUT2D eigenvalue weighted by molar-refractivity contribution is 0.412. The Kier molecular flexibility index (Phi) is 7.56. The van der Waals surface area contributed by atoms with Crippen molar-refractivity contribution in [2.45, 2.75) is 6.54 Å². The second-order valence-electron chi connectivity index (χ2n) is 5.78. The number of benzene rings is 2. The van der Waals surface area contributed by atoms with Crippen molar-refractivity contribution >= 4 is 34.8 Å². The smallest absolute Gasteiger partial charge is 0.212 e. The van der Waals surface area contributed by atoms with Crippen LogP contribution < -0.4 is 11.1 Å². The Balaban J connectivity index is 0.00000261. The zero-order valence-corrected chi connectivity index (χ0v) is 15.6. The molecule has 3 rings (SSSR count). The fourth-order valence-electron chi connectivity index (χ4n) is 2.71. The molecule has 6 nitrogen and oxygen atoms in total. The standard InChI is InChI=1S/C20H20N6.ClH/c21-9-11-26(14-16-4-2-1-3-5-16)20(24-15-22)25-19-7-6-18-13-23-10-8-17(18)12-19;/h1-8,10,12-13H,9,11,14,21H2,(H,24,25);1H. The van der Waals surface area contributed by atoms with Gasteiger partial charge in [0.2, 0.25) is 5.96 Å². The SMILES string of the molecule is Cl.N#CNC(=Nc1ccc2cnccc2c1)N(CCN)Cc1ccccc1. The lowest BCUT2D eigenvalue weighted by Gasteiger charge is -2.24. The number of halogens is 1. The van der Waals surface area contributed by atoms with Crippen LogP contribution in [0, 0.1) is 11.5 Å². The number of nitriles is 1.